The summed E-state index contributed by atoms with van der Waals surface area (Å²) in [5, 5.41) is 3.47. The summed E-state index contributed by atoms with van der Waals surface area (Å²) < 4.78 is 16.2. The molecule has 11 nitrogen and oxygen atoms in total. The van der Waals surface area contributed by atoms with Gasteiger partial charge in [0.25, 0.3) is 5.91 Å². The average molecular weight is 583 g/mol. The van der Waals surface area contributed by atoms with E-state index >= 15 is 0 Å². The highest BCUT2D eigenvalue weighted by atomic mass is 35.5. The highest BCUT2D eigenvalue weighted by Gasteiger charge is 2.28. The van der Waals surface area contributed by atoms with Crippen LogP contribution in [0.15, 0.2) is 82.0 Å². The molecule has 0 spiro atoms. The number of hydrogen-bond donors (Lipinski definition) is 3. The van der Waals surface area contributed by atoms with Gasteiger partial charge in [-0.05, 0) is 81.5 Å². The summed E-state index contributed by atoms with van der Waals surface area (Å²) in [5.41, 5.74) is 6.73. The number of aromatic nitrogens is 1. The number of amidine groups is 1. The second-order valence-electron chi connectivity index (χ2n) is 9.74. The summed E-state index contributed by atoms with van der Waals surface area (Å²) >= 11 is 6.01. The molecule has 0 aromatic carbocycles. The maximum Gasteiger partial charge on any atom is 0.306 e. The van der Waals surface area contributed by atoms with Gasteiger partial charge in [0.1, 0.15) is 17.3 Å². The van der Waals surface area contributed by atoms with E-state index < -0.39 is 12.1 Å². The van der Waals surface area contributed by atoms with Crippen LogP contribution in [-0.2, 0) is 23.8 Å². The minimum absolute atomic E-state index is 0.165. The van der Waals surface area contributed by atoms with E-state index in [1.54, 1.807) is 37.4 Å². The molecular formula is C29H35ClN6O5. The van der Waals surface area contributed by atoms with Crippen molar-refractivity contribution in [3.05, 3.63) is 77.0 Å². The number of nitrogens with zero attached hydrogens (tertiary/aromatic N) is 3. The van der Waals surface area contributed by atoms with Gasteiger partial charge in [-0.2, -0.15) is 5.43 Å². The van der Waals surface area contributed by atoms with Crippen LogP contribution in [0.2, 0.25) is 0 Å². The van der Waals surface area contributed by atoms with Crippen molar-refractivity contribution in [1.82, 2.24) is 15.8 Å². The van der Waals surface area contributed by atoms with E-state index in [2.05, 4.69) is 31.0 Å². The van der Waals surface area contributed by atoms with Gasteiger partial charge in [-0.25, -0.2) is 9.98 Å². The summed E-state index contributed by atoms with van der Waals surface area (Å²) in [6.07, 6.45) is 14.6. The van der Waals surface area contributed by atoms with Crippen LogP contribution >= 0.6 is 11.6 Å². The van der Waals surface area contributed by atoms with Crippen LogP contribution < -0.4 is 21.1 Å². The number of ether oxygens (including phenoxy) is 3. The van der Waals surface area contributed by atoms with Crippen molar-refractivity contribution in [1.29, 1.82) is 0 Å². The fourth-order valence-corrected chi connectivity index (χ4v) is 4.48. The molecule has 12 heteroatoms. The number of rotatable bonds is 9. The summed E-state index contributed by atoms with van der Waals surface area (Å²) in [6.45, 7) is 5.27. The van der Waals surface area contributed by atoms with Crippen molar-refractivity contribution < 1.29 is 23.8 Å². The first-order valence-electron chi connectivity index (χ1n) is 13.4. The Morgan fingerprint density at radius 2 is 2.02 bits per heavy atom. The molecule has 1 amide bonds. The molecule has 4 rings (SSSR count). The molecule has 1 atom stereocenters. The summed E-state index contributed by atoms with van der Waals surface area (Å²) in [6, 6.07) is 3.84. The number of hydrazine groups is 1. The van der Waals surface area contributed by atoms with Gasteiger partial charge in [-0.1, -0.05) is 17.7 Å². The Morgan fingerprint density at radius 1 is 1.22 bits per heavy atom. The zero-order valence-corrected chi connectivity index (χ0v) is 24.1. The predicted octanol–water partition coefficient (Wildman–Crippen LogP) is 4.40. The van der Waals surface area contributed by atoms with Crippen LogP contribution in [-0.4, -0.2) is 49.3 Å². The molecule has 0 bridgehead atoms. The highest BCUT2D eigenvalue weighted by Crippen LogP contribution is 2.25. The maximum atomic E-state index is 12.7. The second kappa shape index (κ2) is 14.5. The fourth-order valence-electron chi connectivity index (χ4n) is 4.33. The van der Waals surface area contributed by atoms with Crippen LogP contribution in [0.4, 0.5) is 11.5 Å². The lowest BCUT2D eigenvalue weighted by Gasteiger charge is -2.32. The number of amides is 1. The van der Waals surface area contributed by atoms with Gasteiger partial charge < -0.3 is 24.4 Å². The molecule has 218 valence electrons. The molecule has 3 heterocycles. The first-order chi connectivity index (χ1) is 19.8. The molecule has 3 aliphatic rings. The maximum absolute atomic E-state index is 12.7. The van der Waals surface area contributed by atoms with Gasteiger partial charge in [-0.15, -0.1) is 0 Å². The van der Waals surface area contributed by atoms with E-state index in [1.807, 2.05) is 31.2 Å². The number of anilines is 2. The van der Waals surface area contributed by atoms with Crippen LogP contribution in [0, 0.1) is 5.92 Å². The van der Waals surface area contributed by atoms with Crippen molar-refractivity contribution in [2.24, 2.45) is 10.9 Å². The number of carbonyl (C=O) groups is 2. The third-order valence-corrected chi connectivity index (χ3v) is 6.85. The SMILES string of the molecule is COC(=O)CC1CCN(c2ccc(NC(=O)C3NNC(=N/C(C)=C/C=C(\C)OC4=CCC=C(Cl)C=C4)O3)cn2)CC1. The summed E-state index contributed by atoms with van der Waals surface area (Å²) in [7, 11) is 1.42. The van der Waals surface area contributed by atoms with Crippen molar-refractivity contribution >= 4 is 41.0 Å². The van der Waals surface area contributed by atoms with E-state index in [1.165, 1.54) is 7.11 Å². The zero-order valence-electron chi connectivity index (χ0n) is 23.4. The lowest BCUT2D eigenvalue weighted by molar-refractivity contribution is -0.141. The van der Waals surface area contributed by atoms with Gasteiger partial charge in [0.2, 0.25) is 6.23 Å². The topological polar surface area (TPSA) is 126 Å². The Kier molecular flexibility index (Phi) is 10.6. The number of esters is 1. The number of carbonyl (C=O) groups excluding carboxylic acids is 2. The molecule has 3 N–H and O–H groups in total. The predicted molar refractivity (Wildman–Crippen MR) is 157 cm³/mol. The molecular weight excluding hydrogens is 548 g/mol. The van der Waals surface area contributed by atoms with Crippen molar-refractivity contribution in [2.45, 2.75) is 45.8 Å². The molecule has 1 unspecified atom stereocenters. The number of piperidine rings is 1. The zero-order chi connectivity index (χ0) is 29.2. The number of allylic oxidation sites excluding steroid dienone is 9. The number of pyridine rings is 1. The molecule has 2 saturated heterocycles. The molecule has 2 aliphatic heterocycles. The van der Waals surface area contributed by atoms with E-state index in [-0.39, 0.29) is 12.0 Å². The number of nitrogens with one attached hydrogen (secondary N) is 3. The lowest BCUT2D eigenvalue weighted by Crippen LogP contribution is -2.40. The van der Waals surface area contributed by atoms with Gasteiger partial charge in [0, 0.05) is 30.2 Å². The standard InChI is InChI=1S/C29H35ClN6O5/c1-19(7-8-20(2)40-24-6-4-5-22(30)9-11-24)32-29-35-34-28(41-29)27(38)33-23-10-12-25(31-18-23)36-15-13-21(14-16-36)17-26(37)39-3/h5-12,18,21,28,34H,4,13-17H2,1-3H3,(H,32,35)(H,33,38)/b19-7+,20-8+. The van der Waals surface area contributed by atoms with E-state index in [9.17, 15) is 9.59 Å². The first kappa shape index (κ1) is 29.9. The molecule has 1 aromatic heterocycles. The normalized spacial score (nSPS) is 20.9. The fraction of sp³-hybridized carbons (Fsp3) is 0.379. The van der Waals surface area contributed by atoms with Crippen LogP contribution in [0.1, 0.15) is 39.5 Å². The van der Waals surface area contributed by atoms with Crippen molar-refractivity contribution in [2.75, 3.05) is 30.4 Å². The van der Waals surface area contributed by atoms with E-state index in [0.717, 1.165) is 31.7 Å². The smallest absolute Gasteiger partial charge is 0.306 e. The number of methoxy groups -OCH3 is 1. The lowest BCUT2D eigenvalue weighted by atomic mass is 9.93. The summed E-state index contributed by atoms with van der Waals surface area (Å²) in [4.78, 5) is 35.2. The van der Waals surface area contributed by atoms with Crippen molar-refractivity contribution in [3.8, 4) is 0 Å². The Labute approximate surface area is 244 Å². The molecule has 0 saturated carbocycles. The molecule has 41 heavy (non-hydrogen) atoms. The summed E-state index contributed by atoms with van der Waals surface area (Å²) in [5.74, 6) is 1.98. The quantitative estimate of drug-likeness (QED) is 0.221. The molecule has 1 aromatic rings. The minimum atomic E-state index is -0.968. The minimum Gasteiger partial charge on any atom is -0.469 e. The highest BCUT2D eigenvalue weighted by molar-refractivity contribution is 6.31. The second-order valence-corrected chi connectivity index (χ2v) is 10.2. The van der Waals surface area contributed by atoms with Crippen LogP contribution in [0.25, 0.3) is 0 Å². The van der Waals surface area contributed by atoms with E-state index in [0.29, 0.717) is 46.7 Å². The Hall–Kier alpha value is -4.09. The number of hydrogen-bond acceptors (Lipinski definition) is 9. The van der Waals surface area contributed by atoms with Gasteiger partial charge >= 0.3 is 12.0 Å². The monoisotopic (exact) mass is 582 g/mol. The Morgan fingerprint density at radius 3 is 2.76 bits per heavy atom. The largest absolute Gasteiger partial charge is 0.469 e. The van der Waals surface area contributed by atoms with Gasteiger partial charge in [-0.3, -0.25) is 15.0 Å². The number of halogens is 1. The van der Waals surface area contributed by atoms with Gasteiger partial charge in [0.15, 0.2) is 0 Å². The molecule has 2 fully saturated rings. The Balaban J connectivity index is 1.23. The number of aliphatic imine (C=N–C) groups is 1. The first-order valence-corrected chi connectivity index (χ1v) is 13.8. The van der Waals surface area contributed by atoms with Crippen molar-refractivity contribution in [3.63, 3.8) is 0 Å². The molecule has 0 radical (unpaired) electrons. The molecule has 1 aliphatic carbocycles. The Bertz CT molecular complexity index is 1290. The average Bonchev–Trinajstić information content (AvgIpc) is 3.34. The third-order valence-electron chi connectivity index (χ3n) is 6.57. The van der Waals surface area contributed by atoms with Gasteiger partial charge in [0.05, 0.1) is 19.0 Å². The van der Waals surface area contributed by atoms with E-state index in [4.69, 9.17) is 25.8 Å². The third kappa shape index (κ3) is 9.22. The van der Waals surface area contributed by atoms with Crippen LogP contribution in [0.5, 0.6) is 0 Å². The van der Waals surface area contributed by atoms with Crippen LogP contribution in [0.3, 0.4) is 0 Å².